The van der Waals surface area contributed by atoms with E-state index in [1.165, 1.54) is 0 Å². The molecular formula is C18H18ClI2NO4. The minimum absolute atomic E-state index is 0.0661. The zero-order valence-corrected chi connectivity index (χ0v) is 19.2. The van der Waals surface area contributed by atoms with Gasteiger partial charge in [-0.25, -0.2) is 0 Å². The maximum Gasteiger partial charge on any atom is 0.320 e. The van der Waals surface area contributed by atoms with Crippen LogP contribution in [0.2, 0.25) is 5.02 Å². The standard InChI is InChI=1S/C18H18ClI2NO4/c1-8(2)11-6-10(7-12(19)16(11)23)26-17-13(20)3-9(4-14(17)21)5-15(22)18(24)25/h3-4,6-8,15,23H,5,22H2,1-2H3,(H,24,25)/t15-/m0/s1. The number of ether oxygens (including phenoxy) is 1. The number of hydrogen-bond donors (Lipinski definition) is 3. The van der Waals surface area contributed by atoms with Gasteiger partial charge in [0, 0.05) is 11.6 Å². The van der Waals surface area contributed by atoms with Crippen molar-refractivity contribution >= 4 is 62.8 Å². The van der Waals surface area contributed by atoms with E-state index in [2.05, 4.69) is 45.2 Å². The van der Waals surface area contributed by atoms with Crippen LogP contribution in [0, 0.1) is 7.14 Å². The summed E-state index contributed by atoms with van der Waals surface area (Å²) < 4.78 is 7.68. The first-order valence-electron chi connectivity index (χ1n) is 7.76. The molecule has 140 valence electrons. The van der Waals surface area contributed by atoms with Crippen molar-refractivity contribution in [2.45, 2.75) is 32.2 Å². The van der Waals surface area contributed by atoms with E-state index in [1.54, 1.807) is 12.1 Å². The summed E-state index contributed by atoms with van der Waals surface area (Å²) in [6.07, 6.45) is 0.240. The summed E-state index contributed by atoms with van der Waals surface area (Å²) in [4.78, 5) is 10.9. The quantitative estimate of drug-likeness (QED) is 0.400. The lowest BCUT2D eigenvalue weighted by Crippen LogP contribution is -2.32. The molecule has 2 aromatic rings. The zero-order valence-electron chi connectivity index (χ0n) is 14.1. The van der Waals surface area contributed by atoms with Crippen molar-refractivity contribution in [3.63, 3.8) is 0 Å². The van der Waals surface area contributed by atoms with Gasteiger partial charge in [-0.05, 0) is 81.3 Å². The van der Waals surface area contributed by atoms with Crippen LogP contribution in [0.25, 0.3) is 0 Å². The van der Waals surface area contributed by atoms with E-state index in [-0.39, 0.29) is 23.1 Å². The lowest BCUT2D eigenvalue weighted by Gasteiger charge is -2.16. The fourth-order valence-electron chi connectivity index (χ4n) is 2.38. The molecule has 0 aromatic heterocycles. The number of rotatable bonds is 6. The molecule has 1 atom stereocenters. The Morgan fingerprint density at radius 3 is 2.31 bits per heavy atom. The Balaban J connectivity index is 2.35. The molecular weight excluding hydrogens is 583 g/mol. The molecule has 26 heavy (non-hydrogen) atoms. The number of aromatic hydroxyl groups is 1. The second kappa shape index (κ2) is 8.94. The van der Waals surface area contributed by atoms with Crippen LogP contribution in [0.15, 0.2) is 24.3 Å². The smallest absolute Gasteiger partial charge is 0.320 e. The van der Waals surface area contributed by atoms with E-state index in [1.807, 2.05) is 26.0 Å². The van der Waals surface area contributed by atoms with Crippen LogP contribution < -0.4 is 10.5 Å². The molecule has 0 aliphatic heterocycles. The minimum Gasteiger partial charge on any atom is -0.506 e. The molecule has 0 unspecified atom stereocenters. The van der Waals surface area contributed by atoms with Gasteiger partial charge in [0.2, 0.25) is 0 Å². The largest absolute Gasteiger partial charge is 0.506 e. The number of benzene rings is 2. The SMILES string of the molecule is CC(C)c1cc(Oc2c(I)cc(C[C@H](N)C(=O)O)cc2I)cc(Cl)c1O. The van der Waals surface area contributed by atoms with Crippen molar-refractivity contribution in [1.29, 1.82) is 0 Å². The Morgan fingerprint density at radius 1 is 1.23 bits per heavy atom. The molecule has 4 N–H and O–H groups in total. The van der Waals surface area contributed by atoms with Crippen molar-refractivity contribution in [3.8, 4) is 17.2 Å². The minimum atomic E-state index is -1.03. The van der Waals surface area contributed by atoms with E-state index < -0.39 is 12.0 Å². The van der Waals surface area contributed by atoms with Crippen LogP contribution in [0.1, 0.15) is 30.9 Å². The molecule has 0 heterocycles. The van der Waals surface area contributed by atoms with E-state index in [0.29, 0.717) is 17.1 Å². The Morgan fingerprint density at radius 2 is 1.81 bits per heavy atom. The van der Waals surface area contributed by atoms with Gasteiger partial charge < -0.3 is 20.7 Å². The van der Waals surface area contributed by atoms with Gasteiger partial charge in [0.15, 0.2) is 5.75 Å². The third-order valence-corrected chi connectivity index (χ3v) is 5.63. The fourth-order valence-corrected chi connectivity index (χ4v) is 4.71. The van der Waals surface area contributed by atoms with Crippen molar-refractivity contribution in [2.75, 3.05) is 0 Å². The van der Waals surface area contributed by atoms with Crippen LogP contribution in [0.4, 0.5) is 0 Å². The molecule has 8 heteroatoms. The predicted molar refractivity (Wildman–Crippen MR) is 118 cm³/mol. The van der Waals surface area contributed by atoms with Gasteiger partial charge in [-0.15, -0.1) is 0 Å². The number of carboxylic acid groups (broad SMARTS) is 1. The number of aliphatic carboxylic acids is 1. The lowest BCUT2D eigenvalue weighted by atomic mass is 10.0. The molecule has 0 aliphatic rings. The van der Waals surface area contributed by atoms with Gasteiger partial charge >= 0.3 is 5.97 Å². The molecule has 0 fully saturated rings. The summed E-state index contributed by atoms with van der Waals surface area (Å²) in [6.45, 7) is 3.92. The first-order valence-corrected chi connectivity index (χ1v) is 10.3. The molecule has 0 amide bonds. The molecule has 2 rings (SSSR count). The van der Waals surface area contributed by atoms with Gasteiger partial charge in [-0.3, -0.25) is 4.79 Å². The second-order valence-corrected chi connectivity index (χ2v) is 8.87. The number of phenolic OH excluding ortho intramolecular Hbond substituents is 1. The molecule has 5 nitrogen and oxygen atoms in total. The topological polar surface area (TPSA) is 92.8 Å². The lowest BCUT2D eigenvalue weighted by molar-refractivity contribution is -0.138. The van der Waals surface area contributed by atoms with Gasteiger partial charge in [0.1, 0.15) is 17.5 Å². The van der Waals surface area contributed by atoms with E-state index in [9.17, 15) is 9.90 Å². The van der Waals surface area contributed by atoms with Crippen molar-refractivity contribution < 1.29 is 19.7 Å². The number of halogens is 3. The zero-order chi connectivity index (χ0) is 19.6. The second-order valence-electron chi connectivity index (χ2n) is 6.14. The molecule has 0 spiro atoms. The molecule has 0 saturated heterocycles. The predicted octanol–water partition coefficient (Wildman–Crippen LogP) is 5.12. The van der Waals surface area contributed by atoms with Gasteiger partial charge in [0.05, 0.1) is 12.2 Å². The first kappa shape index (κ1) is 21.5. The van der Waals surface area contributed by atoms with Gasteiger partial charge in [0.25, 0.3) is 0 Å². The van der Waals surface area contributed by atoms with E-state index >= 15 is 0 Å². The summed E-state index contributed by atoms with van der Waals surface area (Å²) in [5.74, 6) is 0.304. The third-order valence-electron chi connectivity index (χ3n) is 3.74. The fraction of sp³-hybridized carbons (Fsp3) is 0.278. The third kappa shape index (κ3) is 5.14. The number of hydrogen-bond acceptors (Lipinski definition) is 4. The van der Waals surface area contributed by atoms with Crippen molar-refractivity contribution in [2.24, 2.45) is 5.73 Å². The molecule has 0 aliphatic carbocycles. The summed E-state index contributed by atoms with van der Waals surface area (Å²) in [5, 5.41) is 19.3. The Kier molecular flexibility index (Phi) is 7.40. The maximum atomic E-state index is 10.9. The molecule has 0 saturated carbocycles. The summed E-state index contributed by atoms with van der Waals surface area (Å²) >= 11 is 10.4. The normalized spacial score (nSPS) is 12.3. The van der Waals surface area contributed by atoms with Crippen LogP contribution in [-0.2, 0) is 11.2 Å². The van der Waals surface area contributed by atoms with E-state index in [4.69, 9.17) is 27.2 Å². The van der Waals surface area contributed by atoms with Crippen LogP contribution in [-0.4, -0.2) is 22.2 Å². The Hall–Kier alpha value is -0.780. The highest BCUT2D eigenvalue weighted by atomic mass is 127. The molecule has 0 radical (unpaired) electrons. The Bertz CT molecular complexity index is 819. The number of carbonyl (C=O) groups is 1. The van der Waals surface area contributed by atoms with Crippen LogP contribution >= 0.6 is 56.8 Å². The first-order chi connectivity index (χ1) is 12.1. The summed E-state index contributed by atoms with van der Waals surface area (Å²) in [6, 6.07) is 6.10. The van der Waals surface area contributed by atoms with Gasteiger partial charge in [-0.2, -0.15) is 0 Å². The van der Waals surface area contributed by atoms with Crippen molar-refractivity contribution in [1.82, 2.24) is 0 Å². The highest BCUT2D eigenvalue weighted by molar-refractivity contribution is 14.1. The van der Waals surface area contributed by atoms with Crippen molar-refractivity contribution in [3.05, 3.63) is 47.6 Å². The maximum absolute atomic E-state index is 10.9. The number of phenols is 1. The van der Waals surface area contributed by atoms with E-state index in [0.717, 1.165) is 12.7 Å². The van der Waals surface area contributed by atoms with Crippen LogP contribution in [0.3, 0.4) is 0 Å². The van der Waals surface area contributed by atoms with Gasteiger partial charge in [-0.1, -0.05) is 25.4 Å². The average Bonchev–Trinajstić information content (AvgIpc) is 2.53. The summed E-state index contributed by atoms with van der Waals surface area (Å²) in [7, 11) is 0. The monoisotopic (exact) mass is 601 g/mol. The average molecular weight is 602 g/mol. The number of nitrogens with two attached hydrogens (primary N) is 1. The highest BCUT2D eigenvalue weighted by Crippen LogP contribution is 2.40. The highest BCUT2D eigenvalue weighted by Gasteiger charge is 2.17. The number of carboxylic acids is 1. The molecule has 2 aromatic carbocycles. The molecule has 0 bridgehead atoms. The Labute approximate surface area is 184 Å². The van der Waals surface area contributed by atoms with Crippen LogP contribution in [0.5, 0.6) is 17.2 Å². The summed E-state index contributed by atoms with van der Waals surface area (Å²) in [5.41, 5.74) is 7.15.